The molecule has 8 nitrogen and oxygen atoms in total. The summed E-state index contributed by atoms with van der Waals surface area (Å²) in [7, 11) is 1.41. The molecule has 0 saturated heterocycles. The highest BCUT2D eigenvalue weighted by Crippen LogP contribution is 2.38. The second kappa shape index (κ2) is 12.7. The van der Waals surface area contributed by atoms with Crippen LogP contribution in [0.1, 0.15) is 49.7 Å². The van der Waals surface area contributed by atoms with Crippen molar-refractivity contribution in [2.45, 2.75) is 33.8 Å². The Kier molecular flexibility index (Phi) is 9.69. The SMILES string of the molecule is CCOc1ccc(-c2nc(-c3cc(C(=O)O)c(OC)c(C(O)CN(CC)CC)c3)cs2)cc1OCC. The summed E-state index contributed by atoms with van der Waals surface area (Å²) in [6.07, 6.45) is -0.920. The van der Waals surface area contributed by atoms with Crippen molar-refractivity contribution in [3.63, 3.8) is 0 Å². The Morgan fingerprint density at radius 3 is 2.33 bits per heavy atom. The van der Waals surface area contributed by atoms with Gasteiger partial charge in [0, 0.05) is 28.6 Å². The fourth-order valence-electron chi connectivity index (χ4n) is 3.98. The van der Waals surface area contributed by atoms with Crippen LogP contribution in [-0.2, 0) is 0 Å². The number of thiazole rings is 1. The fraction of sp³-hybridized carbons (Fsp3) is 0.407. The number of carbonyl (C=O) groups is 1. The zero-order valence-corrected chi connectivity index (χ0v) is 22.2. The minimum absolute atomic E-state index is 0.0159. The molecule has 1 atom stereocenters. The summed E-state index contributed by atoms with van der Waals surface area (Å²) in [5, 5.41) is 23.5. The van der Waals surface area contributed by atoms with E-state index in [-0.39, 0.29) is 11.3 Å². The standard InChI is InChI=1S/C27H34N2O6S/c1-6-29(7-2)15-22(30)19-12-18(13-20(27(31)32)25(19)33-5)21-16-36-26(28-21)17-10-11-23(34-8-3)24(14-17)35-9-4/h10-14,16,22,30H,6-9,15H2,1-5H3,(H,31,32). The van der Waals surface area contributed by atoms with Crippen LogP contribution >= 0.6 is 11.3 Å². The van der Waals surface area contributed by atoms with E-state index in [1.807, 2.05) is 51.3 Å². The van der Waals surface area contributed by atoms with Crippen LogP contribution in [0.25, 0.3) is 21.8 Å². The van der Waals surface area contributed by atoms with Crippen molar-refractivity contribution in [3.8, 4) is 39.1 Å². The Morgan fingerprint density at radius 2 is 1.72 bits per heavy atom. The van der Waals surface area contributed by atoms with E-state index in [1.54, 1.807) is 6.07 Å². The number of hydrogen-bond acceptors (Lipinski definition) is 8. The van der Waals surface area contributed by atoms with Gasteiger partial charge in [-0.2, -0.15) is 0 Å². The Bertz CT molecular complexity index is 1180. The van der Waals surface area contributed by atoms with Gasteiger partial charge in [-0.25, -0.2) is 9.78 Å². The summed E-state index contributed by atoms with van der Waals surface area (Å²) < 4.78 is 16.8. The summed E-state index contributed by atoms with van der Waals surface area (Å²) in [5.74, 6) is 0.350. The smallest absolute Gasteiger partial charge is 0.339 e. The summed E-state index contributed by atoms with van der Waals surface area (Å²) in [5.41, 5.74) is 2.49. The first kappa shape index (κ1) is 27.4. The lowest BCUT2D eigenvalue weighted by molar-refractivity contribution is 0.0692. The highest BCUT2D eigenvalue weighted by molar-refractivity contribution is 7.13. The van der Waals surface area contributed by atoms with Gasteiger partial charge in [-0.3, -0.25) is 0 Å². The number of likely N-dealkylation sites (N-methyl/N-ethyl adjacent to an activating group) is 1. The molecule has 0 bridgehead atoms. The third kappa shape index (κ3) is 6.16. The van der Waals surface area contributed by atoms with Crippen molar-refractivity contribution < 1.29 is 29.2 Å². The second-order valence-corrected chi connectivity index (χ2v) is 8.88. The van der Waals surface area contributed by atoms with Crippen molar-refractivity contribution in [1.82, 2.24) is 9.88 Å². The predicted molar refractivity (Wildman–Crippen MR) is 142 cm³/mol. The van der Waals surface area contributed by atoms with Crippen molar-refractivity contribution in [1.29, 1.82) is 0 Å². The highest BCUT2D eigenvalue weighted by Gasteiger charge is 2.24. The van der Waals surface area contributed by atoms with Crippen LogP contribution in [0.4, 0.5) is 0 Å². The average Bonchev–Trinajstić information content (AvgIpc) is 3.38. The number of carboxylic acid groups (broad SMARTS) is 1. The van der Waals surface area contributed by atoms with Crippen LogP contribution in [0, 0.1) is 0 Å². The van der Waals surface area contributed by atoms with Gasteiger partial charge in [-0.15, -0.1) is 11.3 Å². The molecule has 3 rings (SSSR count). The molecule has 0 radical (unpaired) electrons. The number of carboxylic acids is 1. The normalized spacial score (nSPS) is 12.0. The molecule has 3 aromatic rings. The van der Waals surface area contributed by atoms with Gasteiger partial charge in [-0.1, -0.05) is 13.8 Å². The van der Waals surface area contributed by atoms with Gasteiger partial charge < -0.3 is 29.3 Å². The van der Waals surface area contributed by atoms with E-state index < -0.39 is 12.1 Å². The lowest BCUT2D eigenvalue weighted by Gasteiger charge is -2.24. The molecule has 1 aromatic heterocycles. The Morgan fingerprint density at radius 1 is 1.03 bits per heavy atom. The van der Waals surface area contributed by atoms with Gasteiger partial charge in [0.05, 0.1) is 32.1 Å². The molecule has 2 N–H and O–H groups in total. The maximum atomic E-state index is 12.1. The number of aromatic nitrogens is 1. The fourth-order valence-corrected chi connectivity index (χ4v) is 4.81. The number of benzene rings is 2. The van der Waals surface area contributed by atoms with Crippen LogP contribution in [0.15, 0.2) is 35.7 Å². The first-order valence-electron chi connectivity index (χ1n) is 12.1. The number of aliphatic hydroxyl groups is 1. The van der Waals surface area contributed by atoms with Crippen LogP contribution in [-0.4, -0.2) is 66.0 Å². The van der Waals surface area contributed by atoms with Crippen molar-refractivity contribution in [3.05, 3.63) is 46.8 Å². The minimum Gasteiger partial charge on any atom is -0.495 e. The number of aromatic carboxylic acids is 1. The molecule has 36 heavy (non-hydrogen) atoms. The van der Waals surface area contributed by atoms with E-state index in [0.717, 1.165) is 23.7 Å². The number of rotatable bonds is 13. The van der Waals surface area contributed by atoms with Gasteiger partial charge in [0.1, 0.15) is 16.3 Å². The van der Waals surface area contributed by atoms with E-state index in [0.29, 0.717) is 48.1 Å². The molecule has 9 heteroatoms. The van der Waals surface area contributed by atoms with E-state index in [4.69, 9.17) is 19.2 Å². The largest absolute Gasteiger partial charge is 0.495 e. The van der Waals surface area contributed by atoms with Crippen molar-refractivity contribution >= 4 is 17.3 Å². The zero-order chi connectivity index (χ0) is 26.2. The minimum atomic E-state index is -1.13. The summed E-state index contributed by atoms with van der Waals surface area (Å²) in [6.45, 7) is 10.8. The first-order chi connectivity index (χ1) is 17.4. The molecule has 0 aliphatic rings. The summed E-state index contributed by atoms with van der Waals surface area (Å²) in [4.78, 5) is 18.9. The van der Waals surface area contributed by atoms with E-state index >= 15 is 0 Å². The predicted octanol–water partition coefficient (Wildman–Crippen LogP) is 5.36. The highest BCUT2D eigenvalue weighted by atomic mass is 32.1. The lowest BCUT2D eigenvalue weighted by atomic mass is 9.98. The van der Waals surface area contributed by atoms with Crippen LogP contribution < -0.4 is 14.2 Å². The van der Waals surface area contributed by atoms with E-state index in [2.05, 4.69) is 4.90 Å². The Labute approximate surface area is 216 Å². The van der Waals surface area contributed by atoms with Crippen LogP contribution in [0.5, 0.6) is 17.2 Å². The third-order valence-corrected chi connectivity index (χ3v) is 6.72. The van der Waals surface area contributed by atoms with Gasteiger partial charge in [0.25, 0.3) is 0 Å². The second-order valence-electron chi connectivity index (χ2n) is 8.02. The van der Waals surface area contributed by atoms with Gasteiger partial charge in [0.2, 0.25) is 0 Å². The molecule has 0 saturated carbocycles. The van der Waals surface area contributed by atoms with Gasteiger partial charge in [0.15, 0.2) is 11.5 Å². The molecule has 2 aromatic carbocycles. The average molecular weight is 515 g/mol. The molecule has 0 aliphatic heterocycles. The molecular weight excluding hydrogens is 480 g/mol. The number of aliphatic hydroxyl groups excluding tert-OH is 1. The monoisotopic (exact) mass is 514 g/mol. The van der Waals surface area contributed by atoms with Crippen molar-refractivity contribution in [2.75, 3.05) is 40.0 Å². The molecule has 0 amide bonds. The topological polar surface area (TPSA) is 101 Å². The molecule has 1 heterocycles. The number of methoxy groups -OCH3 is 1. The van der Waals surface area contributed by atoms with E-state index in [9.17, 15) is 15.0 Å². The molecule has 1 unspecified atom stereocenters. The van der Waals surface area contributed by atoms with E-state index in [1.165, 1.54) is 24.5 Å². The lowest BCUT2D eigenvalue weighted by Crippen LogP contribution is -2.28. The zero-order valence-electron chi connectivity index (χ0n) is 21.4. The van der Waals surface area contributed by atoms with Gasteiger partial charge >= 0.3 is 5.97 Å². The number of ether oxygens (including phenoxy) is 3. The van der Waals surface area contributed by atoms with Gasteiger partial charge in [-0.05, 0) is 57.3 Å². The van der Waals surface area contributed by atoms with Crippen molar-refractivity contribution in [2.24, 2.45) is 0 Å². The van der Waals surface area contributed by atoms with Crippen LogP contribution in [0.3, 0.4) is 0 Å². The molecular formula is C27H34N2O6S. The molecule has 0 spiro atoms. The molecule has 0 aliphatic carbocycles. The summed E-state index contributed by atoms with van der Waals surface area (Å²) >= 11 is 1.44. The summed E-state index contributed by atoms with van der Waals surface area (Å²) in [6, 6.07) is 8.99. The Balaban J connectivity index is 2.04. The maximum Gasteiger partial charge on any atom is 0.339 e. The molecule has 0 fully saturated rings. The third-order valence-electron chi connectivity index (χ3n) is 5.83. The van der Waals surface area contributed by atoms with Crippen LogP contribution in [0.2, 0.25) is 0 Å². The number of nitrogens with zero attached hydrogens (tertiary/aromatic N) is 2. The maximum absolute atomic E-state index is 12.1. The Hall–Kier alpha value is -3.14. The number of hydrogen-bond donors (Lipinski definition) is 2. The quantitative estimate of drug-likeness (QED) is 0.315. The first-order valence-corrected chi connectivity index (χ1v) is 13.0. The molecule has 194 valence electrons.